The number of hydrogen-bond donors (Lipinski definition) is 0. The SMILES string of the molecule is CC(=O)O[C@@]1(C)C(=O)O[C@H]2C[C@H]1C[C@H]2[C@H]1CC[C@@]2(C)C3CC[C@H]4C(C)(C)OC(=O)C=C[C@@]45C[C@@]35CC[C@]12C. The second-order valence-corrected chi connectivity index (χ2v) is 15.4. The Kier molecular flexibility index (Phi) is 4.80. The predicted octanol–water partition coefficient (Wildman–Crippen LogP) is 5.77. The topological polar surface area (TPSA) is 78.9 Å². The predicted molar refractivity (Wildman–Crippen MR) is 139 cm³/mol. The van der Waals surface area contributed by atoms with E-state index in [4.69, 9.17) is 14.2 Å². The second kappa shape index (κ2) is 7.26. The van der Waals surface area contributed by atoms with Crippen LogP contribution in [0.3, 0.4) is 0 Å². The quantitative estimate of drug-likeness (QED) is 0.337. The lowest BCUT2D eigenvalue weighted by atomic mass is 9.43. The summed E-state index contributed by atoms with van der Waals surface area (Å²) in [7, 11) is 0. The second-order valence-electron chi connectivity index (χ2n) is 15.4. The monoisotopic (exact) mass is 524 g/mol. The van der Waals surface area contributed by atoms with Crippen LogP contribution in [-0.2, 0) is 28.6 Å². The van der Waals surface area contributed by atoms with E-state index in [1.807, 2.05) is 0 Å². The third kappa shape index (κ3) is 2.78. The fourth-order valence-corrected chi connectivity index (χ4v) is 12.2. The molecule has 2 bridgehead atoms. The van der Waals surface area contributed by atoms with Gasteiger partial charge in [-0.2, -0.15) is 0 Å². The largest absolute Gasteiger partial charge is 0.459 e. The number of hydrogen-bond acceptors (Lipinski definition) is 6. The average molecular weight is 525 g/mol. The molecule has 5 aliphatic carbocycles. The molecule has 38 heavy (non-hydrogen) atoms. The maximum atomic E-state index is 13.0. The molecule has 0 amide bonds. The minimum atomic E-state index is -1.16. The number of esters is 3. The molecule has 1 saturated heterocycles. The molecular weight excluding hydrogens is 480 g/mol. The maximum absolute atomic E-state index is 13.0. The van der Waals surface area contributed by atoms with Gasteiger partial charge in [-0.1, -0.05) is 19.9 Å². The molecule has 2 spiro atoms. The van der Waals surface area contributed by atoms with E-state index in [1.165, 1.54) is 45.4 Å². The Morgan fingerprint density at radius 2 is 1.68 bits per heavy atom. The van der Waals surface area contributed by atoms with Crippen LogP contribution in [-0.4, -0.2) is 35.2 Å². The molecule has 2 aliphatic heterocycles. The highest BCUT2D eigenvalue weighted by Gasteiger charge is 2.81. The van der Waals surface area contributed by atoms with Gasteiger partial charge in [-0.3, -0.25) is 4.79 Å². The normalized spacial score (nSPS) is 55.4. The number of allylic oxidation sites excluding steroid dienone is 1. The van der Waals surface area contributed by atoms with Crippen molar-refractivity contribution in [1.29, 1.82) is 0 Å². The summed E-state index contributed by atoms with van der Waals surface area (Å²) < 4.78 is 17.6. The summed E-state index contributed by atoms with van der Waals surface area (Å²) in [6, 6.07) is 0. The first-order valence-electron chi connectivity index (χ1n) is 15.1. The maximum Gasteiger partial charge on any atom is 0.350 e. The van der Waals surface area contributed by atoms with Crippen molar-refractivity contribution in [1.82, 2.24) is 0 Å². The minimum absolute atomic E-state index is 0.0334. The molecule has 7 rings (SSSR count). The van der Waals surface area contributed by atoms with Crippen LogP contribution in [0, 0.1) is 51.2 Å². The zero-order chi connectivity index (χ0) is 27.1. The fraction of sp³-hybridized carbons (Fsp3) is 0.844. The van der Waals surface area contributed by atoms with Crippen molar-refractivity contribution in [2.45, 2.75) is 117 Å². The summed E-state index contributed by atoms with van der Waals surface area (Å²) >= 11 is 0. The summed E-state index contributed by atoms with van der Waals surface area (Å²) in [5, 5.41) is 0. The number of cyclic esters (lactones) is 1. The molecule has 0 aromatic rings. The van der Waals surface area contributed by atoms with Gasteiger partial charge in [-0.25, -0.2) is 9.59 Å². The summed E-state index contributed by atoms with van der Waals surface area (Å²) in [5.74, 6) is 0.924. The number of fused-ring (bicyclic) bond motifs is 4. The van der Waals surface area contributed by atoms with Gasteiger partial charge in [-0.15, -0.1) is 0 Å². The van der Waals surface area contributed by atoms with E-state index in [0.717, 1.165) is 19.3 Å². The lowest BCUT2D eigenvalue weighted by Crippen LogP contribution is -2.56. The highest BCUT2D eigenvalue weighted by molar-refractivity contribution is 5.84. The van der Waals surface area contributed by atoms with Gasteiger partial charge in [0.15, 0.2) is 0 Å². The molecule has 1 unspecified atom stereocenters. The van der Waals surface area contributed by atoms with Gasteiger partial charge < -0.3 is 14.2 Å². The molecule has 208 valence electrons. The lowest BCUT2D eigenvalue weighted by molar-refractivity contribution is -0.198. The molecule has 0 aromatic heterocycles. The highest BCUT2D eigenvalue weighted by Crippen LogP contribution is 2.87. The smallest absolute Gasteiger partial charge is 0.350 e. The van der Waals surface area contributed by atoms with Gasteiger partial charge in [0.05, 0.1) is 0 Å². The molecule has 0 N–H and O–H groups in total. The molecule has 5 saturated carbocycles. The van der Waals surface area contributed by atoms with Crippen LogP contribution in [0.5, 0.6) is 0 Å². The van der Waals surface area contributed by atoms with Gasteiger partial charge in [-0.05, 0) is 113 Å². The van der Waals surface area contributed by atoms with Crippen molar-refractivity contribution < 1.29 is 28.6 Å². The van der Waals surface area contributed by atoms with E-state index < -0.39 is 17.2 Å². The summed E-state index contributed by atoms with van der Waals surface area (Å²) in [4.78, 5) is 37.4. The third-order valence-corrected chi connectivity index (χ3v) is 14.0. The van der Waals surface area contributed by atoms with Crippen LogP contribution in [0.1, 0.15) is 99.3 Å². The van der Waals surface area contributed by atoms with Crippen molar-refractivity contribution in [3.05, 3.63) is 12.2 Å². The van der Waals surface area contributed by atoms with Crippen LogP contribution in [0.15, 0.2) is 12.2 Å². The van der Waals surface area contributed by atoms with E-state index in [-0.39, 0.29) is 45.6 Å². The summed E-state index contributed by atoms with van der Waals surface area (Å²) in [6.45, 7) is 12.5. The molecule has 0 radical (unpaired) electrons. The molecule has 0 aromatic carbocycles. The molecule has 6 heteroatoms. The van der Waals surface area contributed by atoms with Crippen molar-refractivity contribution in [2.24, 2.45) is 51.2 Å². The number of rotatable bonds is 2. The van der Waals surface area contributed by atoms with E-state index in [2.05, 4.69) is 33.8 Å². The Balaban J connectivity index is 1.20. The number of carbonyl (C=O) groups excluding carboxylic acids is 3. The van der Waals surface area contributed by atoms with Crippen LogP contribution in [0.2, 0.25) is 0 Å². The average Bonchev–Trinajstić information content (AvgIpc) is 3.26. The fourth-order valence-electron chi connectivity index (χ4n) is 12.2. The molecule has 6 fully saturated rings. The first kappa shape index (κ1) is 25.1. The Hall–Kier alpha value is -1.85. The van der Waals surface area contributed by atoms with Crippen LogP contribution in [0.4, 0.5) is 0 Å². The van der Waals surface area contributed by atoms with Gasteiger partial charge in [0.2, 0.25) is 5.60 Å². The Morgan fingerprint density at radius 3 is 2.42 bits per heavy atom. The molecule has 11 atom stereocenters. The Labute approximate surface area is 226 Å². The van der Waals surface area contributed by atoms with Crippen molar-refractivity contribution >= 4 is 17.9 Å². The molecular formula is C32H44O6. The van der Waals surface area contributed by atoms with Gasteiger partial charge in [0, 0.05) is 30.3 Å². The van der Waals surface area contributed by atoms with Crippen molar-refractivity contribution in [3.8, 4) is 0 Å². The Bertz CT molecular complexity index is 1160. The minimum Gasteiger partial charge on any atom is -0.459 e. The van der Waals surface area contributed by atoms with E-state index in [9.17, 15) is 14.4 Å². The first-order valence-corrected chi connectivity index (χ1v) is 15.1. The Morgan fingerprint density at radius 1 is 0.947 bits per heavy atom. The molecule has 2 heterocycles. The van der Waals surface area contributed by atoms with E-state index >= 15 is 0 Å². The highest BCUT2D eigenvalue weighted by atomic mass is 16.6. The van der Waals surface area contributed by atoms with E-state index in [1.54, 1.807) is 13.0 Å². The van der Waals surface area contributed by atoms with Gasteiger partial charge >= 0.3 is 17.9 Å². The number of ether oxygens (including phenoxy) is 3. The third-order valence-electron chi connectivity index (χ3n) is 14.0. The first-order chi connectivity index (χ1) is 17.7. The standard InChI is InChI=1S/C32H44O6/c1-18(33)37-30(6)19-15-20(22(16-19)36-26(30)35)21-9-11-29(5)24-8-7-23-27(2,3)38-25(34)10-12-31(23)17-32(24,31)14-13-28(21,29)4/h10,12,19-24H,7-9,11,13-17H2,1-6H3/t19-,20+,21-,22+,23+,24?,28-,29+,30-,31-,32+/m1/s1. The van der Waals surface area contributed by atoms with Crippen LogP contribution in [0.25, 0.3) is 0 Å². The van der Waals surface area contributed by atoms with Crippen molar-refractivity contribution in [2.75, 3.05) is 0 Å². The molecule has 7 aliphatic rings. The van der Waals surface area contributed by atoms with Crippen LogP contribution < -0.4 is 0 Å². The zero-order valence-electron chi connectivity index (χ0n) is 23.9. The van der Waals surface area contributed by atoms with Crippen LogP contribution >= 0.6 is 0 Å². The number of carbonyl (C=O) groups is 3. The summed E-state index contributed by atoms with van der Waals surface area (Å²) in [5.41, 5.74) is -0.837. The van der Waals surface area contributed by atoms with E-state index in [0.29, 0.717) is 23.7 Å². The van der Waals surface area contributed by atoms with Crippen molar-refractivity contribution in [3.63, 3.8) is 0 Å². The van der Waals surface area contributed by atoms with Gasteiger partial charge in [0.1, 0.15) is 11.7 Å². The summed E-state index contributed by atoms with van der Waals surface area (Å²) in [6.07, 6.45) is 13.9. The van der Waals surface area contributed by atoms with Gasteiger partial charge in [0.25, 0.3) is 0 Å². The molecule has 6 nitrogen and oxygen atoms in total. The lowest BCUT2D eigenvalue weighted by Gasteiger charge is -2.61. The zero-order valence-corrected chi connectivity index (χ0v) is 23.9.